The lowest BCUT2D eigenvalue weighted by Crippen LogP contribution is -2.37. The zero-order valence-corrected chi connectivity index (χ0v) is 14.6. The van der Waals surface area contributed by atoms with Crippen LogP contribution in [0.4, 0.5) is 9.18 Å². The summed E-state index contributed by atoms with van der Waals surface area (Å²) in [5.41, 5.74) is 0.368. The largest absolute Gasteiger partial charge is 0.465 e. The minimum atomic E-state index is -1.05. The lowest BCUT2D eigenvalue weighted by Gasteiger charge is -2.27. The molecule has 26 heavy (non-hydrogen) atoms. The minimum Gasteiger partial charge on any atom is -0.465 e. The van der Waals surface area contributed by atoms with Gasteiger partial charge < -0.3 is 19.3 Å². The van der Waals surface area contributed by atoms with E-state index in [2.05, 4.69) is 0 Å². The number of rotatable bonds is 3. The molecule has 0 saturated carbocycles. The maximum atomic E-state index is 13.9. The Balaban J connectivity index is 1.95. The summed E-state index contributed by atoms with van der Waals surface area (Å²) in [5.74, 6) is -0.933. The first-order chi connectivity index (χ1) is 12.5. The van der Waals surface area contributed by atoms with E-state index in [9.17, 15) is 19.1 Å². The van der Waals surface area contributed by atoms with Gasteiger partial charge in [0, 0.05) is 37.8 Å². The molecule has 1 aliphatic heterocycles. The van der Waals surface area contributed by atoms with Gasteiger partial charge in [-0.15, -0.1) is 0 Å². The van der Waals surface area contributed by atoms with Crippen molar-refractivity contribution in [2.24, 2.45) is 5.92 Å². The number of pyridine rings is 1. The van der Waals surface area contributed by atoms with Crippen LogP contribution in [0.1, 0.15) is 11.7 Å². The van der Waals surface area contributed by atoms with E-state index in [1.165, 1.54) is 27.7 Å². The van der Waals surface area contributed by atoms with Gasteiger partial charge in [-0.2, -0.15) is 0 Å². The van der Waals surface area contributed by atoms with Crippen LogP contribution in [0, 0.1) is 11.7 Å². The number of carboxylic acid groups (broad SMARTS) is 1. The monoisotopic (exact) mass is 380 g/mol. The second-order valence-corrected chi connectivity index (χ2v) is 6.55. The molecule has 1 amide bonds. The van der Waals surface area contributed by atoms with Crippen molar-refractivity contribution in [2.75, 3.05) is 19.7 Å². The molecule has 0 aliphatic carbocycles. The van der Waals surface area contributed by atoms with Crippen LogP contribution < -0.4 is 5.56 Å². The second kappa shape index (κ2) is 7.88. The number of amides is 1. The molecule has 0 unspecified atom stereocenters. The lowest BCUT2D eigenvalue weighted by atomic mass is 9.94. The molecule has 0 radical (unpaired) electrons. The number of ether oxygens (including phenoxy) is 1. The number of carbonyl (C=O) groups is 1. The van der Waals surface area contributed by atoms with Gasteiger partial charge in [-0.3, -0.25) is 4.79 Å². The smallest absolute Gasteiger partial charge is 0.407 e. The standard InChI is InChI=1S/C18H18ClFN2O4/c19-14-5-4-12(9-15(14)20)17-13(10-21-6-2-1-3-16(21)23)11-22(18(24)25)7-8-26-17/h1-6,9,13,17H,7-8,10-11H2,(H,24,25)/t13-,17+/m1/s1. The minimum absolute atomic E-state index is 0.00497. The molecule has 1 aromatic carbocycles. The lowest BCUT2D eigenvalue weighted by molar-refractivity contribution is 0.0249. The van der Waals surface area contributed by atoms with E-state index in [1.54, 1.807) is 24.4 Å². The van der Waals surface area contributed by atoms with Gasteiger partial charge in [0.05, 0.1) is 17.7 Å². The topological polar surface area (TPSA) is 71.8 Å². The van der Waals surface area contributed by atoms with Crippen LogP contribution in [0.15, 0.2) is 47.4 Å². The summed E-state index contributed by atoms with van der Waals surface area (Å²) in [6.45, 7) is 0.813. The molecular weight excluding hydrogens is 363 g/mol. The molecule has 2 aromatic rings. The van der Waals surface area contributed by atoms with E-state index in [-0.39, 0.29) is 42.7 Å². The molecule has 1 saturated heterocycles. The first-order valence-electron chi connectivity index (χ1n) is 8.15. The van der Waals surface area contributed by atoms with Crippen molar-refractivity contribution < 1.29 is 19.0 Å². The highest BCUT2D eigenvalue weighted by Gasteiger charge is 2.32. The van der Waals surface area contributed by atoms with Gasteiger partial charge in [0.1, 0.15) is 5.82 Å². The Morgan fingerprint density at radius 1 is 1.35 bits per heavy atom. The number of aromatic nitrogens is 1. The Kier molecular flexibility index (Phi) is 5.58. The highest BCUT2D eigenvalue weighted by atomic mass is 35.5. The maximum absolute atomic E-state index is 13.9. The van der Waals surface area contributed by atoms with Crippen LogP contribution in [-0.2, 0) is 11.3 Å². The second-order valence-electron chi connectivity index (χ2n) is 6.14. The van der Waals surface area contributed by atoms with Gasteiger partial charge in [0.15, 0.2) is 0 Å². The summed E-state index contributed by atoms with van der Waals surface area (Å²) in [4.78, 5) is 24.7. The van der Waals surface area contributed by atoms with E-state index < -0.39 is 18.0 Å². The molecule has 0 spiro atoms. The Bertz CT molecular complexity index is 857. The average molecular weight is 381 g/mol. The number of halogens is 2. The van der Waals surface area contributed by atoms with Gasteiger partial charge in [0.2, 0.25) is 0 Å². The third-order valence-electron chi connectivity index (χ3n) is 4.41. The van der Waals surface area contributed by atoms with Crippen LogP contribution >= 0.6 is 11.6 Å². The number of nitrogens with zero attached hydrogens (tertiary/aromatic N) is 2. The molecule has 0 bridgehead atoms. The predicted octanol–water partition coefficient (Wildman–Crippen LogP) is 3.01. The van der Waals surface area contributed by atoms with Crippen molar-refractivity contribution in [2.45, 2.75) is 12.6 Å². The fourth-order valence-corrected chi connectivity index (χ4v) is 3.26. The van der Waals surface area contributed by atoms with E-state index in [0.717, 1.165) is 0 Å². The number of hydrogen-bond acceptors (Lipinski definition) is 3. The zero-order chi connectivity index (χ0) is 18.7. The SMILES string of the molecule is O=C(O)N1CCO[C@@H](c2ccc(Cl)c(F)c2)[C@H](Cn2ccccc2=O)C1. The summed E-state index contributed by atoms with van der Waals surface area (Å²) in [6.07, 6.45) is 0.0258. The Morgan fingerprint density at radius 2 is 2.15 bits per heavy atom. The van der Waals surface area contributed by atoms with Crippen molar-refractivity contribution in [3.05, 3.63) is 69.4 Å². The van der Waals surface area contributed by atoms with Crippen molar-refractivity contribution >= 4 is 17.7 Å². The fraction of sp³-hybridized carbons (Fsp3) is 0.333. The Hall–Kier alpha value is -2.38. The Labute approximate surface area is 154 Å². The zero-order valence-electron chi connectivity index (χ0n) is 13.8. The highest BCUT2D eigenvalue weighted by Crippen LogP contribution is 2.32. The van der Waals surface area contributed by atoms with Crippen LogP contribution in [-0.4, -0.2) is 40.4 Å². The van der Waals surface area contributed by atoms with E-state index in [4.69, 9.17) is 16.3 Å². The van der Waals surface area contributed by atoms with Crippen LogP contribution in [0.3, 0.4) is 0 Å². The molecule has 2 atom stereocenters. The van der Waals surface area contributed by atoms with Crippen LogP contribution in [0.25, 0.3) is 0 Å². The van der Waals surface area contributed by atoms with Crippen molar-refractivity contribution in [1.29, 1.82) is 0 Å². The molecule has 3 rings (SSSR count). The molecule has 1 aromatic heterocycles. The molecule has 1 N–H and O–H groups in total. The molecule has 138 valence electrons. The summed E-state index contributed by atoms with van der Waals surface area (Å²) < 4.78 is 21.3. The number of hydrogen-bond donors (Lipinski definition) is 1. The molecule has 1 aliphatic rings. The highest BCUT2D eigenvalue weighted by molar-refractivity contribution is 6.30. The summed E-state index contributed by atoms with van der Waals surface area (Å²) in [6, 6.07) is 9.20. The van der Waals surface area contributed by atoms with Crippen LogP contribution in [0.5, 0.6) is 0 Å². The first kappa shape index (κ1) is 18.4. The molecule has 2 heterocycles. The van der Waals surface area contributed by atoms with Crippen LogP contribution in [0.2, 0.25) is 5.02 Å². The van der Waals surface area contributed by atoms with Crippen molar-refractivity contribution in [1.82, 2.24) is 9.47 Å². The molecular formula is C18H18ClFN2O4. The predicted molar refractivity (Wildman–Crippen MR) is 93.9 cm³/mol. The summed E-state index contributed by atoms with van der Waals surface area (Å²) in [5, 5.41) is 9.37. The van der Waals surface area contributed by atoms with Gasteiger partial charge >= 0.3 is 6.09 Å². The summed E-state index contributed by atoms with van der Waals surface area (Å²) >= 11 is 5.76. The van der Waals surface area contributed by atoms with Crippen molar-refractivity contribution in [3.8, 4) is 0 Å². The summed E-state index contributed by atoms with van der Waals surface area (Å²) in [7, 11) is 0. The van der Waals surface area contributed by atoms with E-state index >= 15 is 0 Å². The quantitative estimate of drug-likeness (QED) is 0.888. The van der Waals surface area contributed by atoms with E-state index in [0.29, 0.717) is 5.56 Å². The Morgan fingerprint density at radius 3 is 2.85 bits per heavy atom. The van der Waals surface area contributed by atoms with Gasteiger partial charge in [0.25, 0.3) is 5.56 Å². The third-order valence-corrected chi connectivity index (χ3v) is 4.72. The number of benzene rings is 1. The molecule has 1 fully saturated rings. The first-order valence-corrected chi connectivity index (χ1v) is 8.53. The van der Waals surface area contributed by atoms with Gasteiger partial charge in [-0.1, -0.05) is 23.7 Å². The molecule has 8 heteroatoms. The maximum Gasteiger partial charge on any atom is 0.407 e. The van der Waals surface area contributed by atoms with Gasteiger partial charge in [-0.25, -0.2) is 9.18 Å². The third kappa shape index (κ3) is 4.05. The average Bonchev–Trinajstić information content (AvgIpc) is 2.82. The van der Waals surface area contributed by atoms with Gasteiger partial charge in [-0.05, 0) is 23.8 Å². The fourth-order valence-electron chi connectivity index (χ4n) is 3.15. The van der Waals surface area contributed by atoms with E-state index in [1.807, 2.05) is 0 Å². The normalized spacial score (nSPS) is 20.6. The molecule has 6 nitrogen and oxygen atoms in total. The van der Waals surface area contributed by atoms with Crippen molar-refractivity contribution in [3.63, 3.8) is 0 Å².